The Labute approximate surface area is 110 Å². The SMILES string of the molecule is C=Cc1cc2c(cc1C1(O)C=CC(=O)C=C1)OCO2. The first-order valence-electron chi connectivity index (χ1n) is 5.84. The molecule has 1 aliphatic carbocycles. The van der Waals surface area contributed by atoms with E-state index in [1.807, 2.05) is 0 Å². The highest BCUT2D eigenvalue weighted by molar-refractivity contribution is 6.00. The Kier molecular flexibility index (Phi) is 2.54. The van der Waals surface area contributed by atoms with Crippen LogP contribution in [-0.4, -0.2) is 17.7 Å². The van der Waals surface area contributed by atoms with Gasteiger partial charge in [0.25, 0.3) is 0 Å². The Balaban J connectivity index is 2.15. The van der Waals surface area contributed by atoms with Crippen LogP contribution in [0.15, 0.2) is 43.0 Å². The van der Waals surface area contributed by atoms with Gasteiger partial charge in [-0.1, -0.05) is 12.7 Å². The van der Waals surface area contributed by atoms with E-state index in [0.29, 0.717) is 17.1 Å². The maximum atomic E-state index is 11.2. The summed E-state index contributed by atoms with van der Waals surface area (Å²) < 4.78 is 10.6. The average Bonchev–Trinajstić information content (AvgIpc) is 2.88. The van der Waals surface area contributed by atoms with Crippen LogP contribution < -0.4 is 9.47 Å². The van der Waals surface area contributed by atoms with Crippen LogP contribution in [0, 0.1) is 0 Å². The number of ketones is 1. The molecule has 0 amide bonds. The molecule has 1 aromatic rings. The van der Waals surface area contributed by atoms with E-state index in [4.69, 9.17) is 9.47 Å². The minimum absolute atomic E-state index is 0.148. The van der Waals surface area contributed by atoms with Gasteiger partial charge in [0.05, 0.1) is 0 Å². The average molecular weight is 256 g/mol. The molecule has 0 fully saturated rings. The van der Waals surface area contributed by atoms with Gasteiger partial charge in [-0.15, -0.1) is 0 Å². The monoisotopic (exact) mass is 256 g/mol. The zero-order valence-electron chi connectivity index (χ0n) is 10.1. The minimum atomic E-state index is -1.33. The zero-order valence-corrected chi connectivity index (χ0v) is 10.1. The van der Waals surface area contributed by atoms with E-state index < -0.39 is 5.60 Å². The Morgan fingerprint density at radius 1 is 1.21 bits per heavy atom. The first kappa shape index (κ1) is 11.7. The molecular weight excluding hydrogens is 244 g/mol. The molecule has 0 radical (unpaired) electrons. The maximum absolute atomic E-state index is 11.2. The molecule has 1 heterocycles. The predicted molar refractivity (Wildman–Crippen MR) is 69.8 cm³/mol. The van der Waals surface area contributed by atoms with Crippen LogP contribution in [0.1, 0.15) is 11.1 Å². The van der Waals surface area contributed by atoms with Crippen molar-refractivity contribution >= 4 is 11.9 Å². The minimum Gasteiger partial charge on any atom is -0.454 e. The van der Waals surface area contributed by atoms with Crippen molar-refractivity contribution in [2.75, 3.05) is 6.79 Å². The summed E-state index contributed by atoms with van der Waals surface area (Å²) in [6, 6.07) is 3.48. The maximum Gasteiger partial charge on any atom is 0.231 e. The molecule has 0 spiro atoms. The number of allylic oxidation sites excluding steroid dienone is 2. The summed E-state index contributed by atoms with van der Waals surface area (Å²) in [5.74, 6) is 1.06. The lowest BCUT2D eigenvalue weighted by Gasteiger charge is -2.25. The third-order valence-corrected chi connectivity index (χ3v) is 3.20. The number of carbonyl (C=O) groups is 1. The number of aliphatic hydroxyl groups is 1. The van der Waals surface area contributed by atoms with Gasteiger partial charge in [0.2, 0.25) is 6.79 Å². The highest BCUT2D eigenvalue weighted by Crippen LogP contribution is 2.40. The Morgan fingerprint density at radius 2 is 1.84 bits per heavy atom. The van der Waals surface area contributed by atoms with E-state index in [-0.39, 0.29) is 12.6 Å². The van der Waals surface area contributed by atoms with Gasteiger partial charge in [0.15, 0.2) is 17.3 Å². The van der Waals surface area contributed by atoms with E-state index >= 15 is 0 Å². The molecule has 0 saturated carbocycles. The smallest absolute Gasteiger partial charge is 0.231 e. The second-order valence-electron chi connectivity index (χ2n) is 4.39. The molecule has 0 atom stereocenters. The van der Waals surface area contributed by atoms with Crippen molar-refractivity contribution in [2.24, 2.45) is 0 Å². The summed E-state index contributed by atoms with van der Waals surface area (Å²) >= 11 is 0. The van der Waals surface area contributed by atoms with Gasteiger partial charge in [-0.3, -0.25) is 4.79 Å². The van der Waals surface area contributed by atoms with Crippen LogP contribution in [0.4, 0.5) is 0 Å². The number of fused-ring (bicyclic) bond motifs is 1. The molecule has 1 N–H and O–H groups in total. The largest absolute Gasteiger partial charge is 0.454 e. The van der Waals surface area contributed by atoms with Crippen LogP contribution in [-0.2, 0) is 10.4 Å². The van der Waals surface area contributed by atoms with Gasteiger partial charge in [-0.25, -0.2) is 0 Å². The van der Waals surface area contributed by atoms with E-state index in [0.717, 1.165) is 5.56 Å². The molecule has 0 saturated heterocycles. The third kappa shape index (κ3) is 1.86. The van der Waals surface area contributed by atoms with Crippen molar-refractivity contribution in [3.63, 3.8) is 0 Å². The predicted octanol–water partition coefficient (Wildman–Crippen LogP) is 1.94. The van der Waals surface area contributed by atoms with Crippen molar-refractivity contribution in [3.05, 3.63) is 54.1 Å². The molecule has 1 aliphatic heterocycles. The summed E-state index contributed by atoms with van der Waals surface area (Å²) in [7, 11) is 0. The second-order valence-corrected chi connectivity index (χ2v) is 4.39. The van der Waals surface area contributed by atoms with Gasteiger partial charge < -0.3 is 14.6 Å². The van der Waals surface area contributed by atoms with Crippen molar-refractivity contribution in [1.82, 2.24) is 0 Å². The number of hydrogen-bond donors (Lipinski definition) is 1. The molecule has 4 heteroatoms. The number of rotatable bonds is 2. The van der Waals surface area contributed by atoms with Gasteiger partial charge >= 0.3 is 0 Å². The van der Waals surface area contributed by atoms with Gasteiger partial charge in [-0.05, 0) is 42.0 Å². The number of carbonyl (C=O) groups excluding carboxylic acids is 1. The lowest BCUT2D eigenvalue weighted by molar-refractivity contribution is -0.110. The van der Waals surface area contributed by atoms with E-state index in [1.54, 1.807) is 18.2 Å². The summed E-state index contributed by atoms with van der Waals surface area (Å²) in [5.41, 5.74) is 0.000416. The fourth-order valence-electron chi connectivity index (χ4n) is 2.18. The summed E-state index contributed by atoms with van der Waals surface area (Å²) in [5, 5.41) is 10.6. The van der Waals surface area contributed by atoms with Gasteiger partial charge in [0, 0.05) is 5.56 Å². The molecule has 1 aromatic carbocycles. The molecule has 96 valence electrons. The second kappa shape index (κ2) is 4.10. The lowest BCUT2D eigenvalue weighted by atomic mass is 9.86. The first-order chi connectivity index (χ1) is 9.12. The van der Waals surface area contributed by atoms with Crippen molar-refractivity contribution in [3.8, 4) is 11.5 Å². The van der Waals surface area contributed by atoms with Crippen molar-refractivity contribution in [2.45, 2.75) is 5.60 Å². The lowest BCUT2D eigenvalue weighted by Crippen LogP contribution is -2.24. The Bertz CT molecular complexity index is 609. The van der Waals surface area contributed by atoms with E-state index in [9.17, 15) is 9.90 Å². The van der Waals surface area contributed by atoms with Gasteiger partial charge in [-0.2, -0.15) is 0 Å². The molecule has 0 bridgehead atoms. The highest BCUT2D eigenvalue weighted by Gasteiger charge is 2.30. The van der Waals surface area contributed by atoms with Crippen LogP contribution in [0.25, 0.3) is 6.08 Å². The number of ether oxygens (including phenoxy) is 2. The fraction of sp³-hybridized carbons (Fsp3) is 0.133. The van der Waals surface area contributed by atoms with E-state index in [2.05, 4.69) is 6.58 Å². The summed E-state index contributed by atoms with van der Waals surface area (Å²) in [4.78, 5) is 11.2. The Morgan fingerprint density at radius 3 is 2.47 bits per heavy atom. The molecule has 4 nitrogen and oxygen atoms in total. The highest BCUT2D eigenvalue weighted by atomic mass is 16.7. The van der Waals surface area contributed by atoms with Crippen LogP contribution >= 0.6 is 0 Å². The van der Waals surface area contributed by atoms with Crippen LogP contribution in [0.3, 0.4) is 0 Å². The third-order valence-electron chi connectivity index (χ3n) is 3.20. The van der Waals surface area contributed by atoms with E-state index in [1.165, 1.54) is 24.3 Å². The fourth-order valence-corrected chi connectivity index (χ4v) is 2.18. The Hall–Kier alpha value is -2.33. The molecular formula is C15H12O4. The standard InChI is InChI=1S/C15H12O4/c1-2-10-7-13-14(19-9-18-13)8-12(10)15(17)5-3-11(16)4-6-15/h2-8,17H,1,9H2. The molecule has 2 aliphatic rings. The van der Waals surface area contributed by atoms with Crippen molar-refractivity contribution < 1.29 is 19.4 Å². The summed E-state index contributed by atoms with van der Waals surface area (Å²) in [6.07, 6.45) is 7.24. The molecule has 19 heavy (non-hydrogen) atoms. The van der Waals surface area contributed by atoms with Crippen LogP contribution in [0.5, 0.6) is 11.5 Å². The van der Waals surface area contributed by atoms with Crippen LogP contribution in [0.2, 0.25) is 0 Å². The molecule has 0 aromatic heterocycles. The molecule has 0 unspecified atom stereocenters. The first-order valence-corrected chi connectivity index (χ1v) is 5.84. The number of benzene rings is 1. The van der Waals surface area contributed by atoms with Crippen molar-refractivity contribution in [1.29, 1.82) is 0 Å². The van der Waals surface area contributed by atoms with Gasteiger partial charge in [0.1, 0.15) is 5.60 Å². The summed E-state index contributed by atoms with van der Waals surface area (Å²) in [6.45, 7) is 3.90. The molecule has 3 rings (SSSR count). The zero-order chi connectivity index (χ0) is 13.5. The normalized spacial score (nSPS) is 18.7. The topological polar surface area (TPSA) is 55.8 Å². The number of hydrogen-bond acceptors (Lipinski definition) is 4. The quantitative estimate of drug-likeness (QED) is 0.878.